The van der Waals surface area contributed by atoms with Crippen molar-refractivity contribution in [3.05, 3.63) is 61.9 Å². The van der Waals surface area contributed by atoms with Gasteiger partial charge in [0.2, 0.25) is 17.2 Å². The summed E-state index contributed by atoms with van der Waals surface area (Å²) >= 11 is 2.85. The molecule has 512 valence electrons. The molecule has 0 bridgehead atoms. The lowest BCUT2D eigenvalue weighted by Gasteiger charge is -2.60. The van der Waals surface area contributed by atoms with Crippen LogP contribution in [-0.2, 0) is 57.1 Å². The standard InChI is InChI=1S/C65H87IN4O20S3/c1-14-68-39-29-83-44(27-43(39)79-10)88-56-51(75)49(70-90-45-26-40(72)58(35(7)84-45)92-60(77)46-32(4)48(66)54(57(82-13)53(46)80-11)89-61-52(76)55(81-12)50(74)34(6)86-61)33(5)85-62(56)87-42-19-15-17-30(2)20-22-64-38(25-31(3)71)41(73)28-65(64,78)36(47(42)64)21-24-91-93-63(8,9)37-18-16-23-69-59(37)67/h16-18,21,23,33-35,38-40,42-45,47,49-52,55-56,58,61-62,68,70,72,74-76,78H,14,24-29H2,1-13H3,(H2,67,69)/b30-17-,36-21+/t33-,34+,35-,38?,39+,40+,42+,43+,44+,45+,47?,49-,50+,51+,52-,55-,56-,58-,61+,62+,64?,65+/m1/s1. The molecule has 7 aliphatic rings. The second-order valence-corrected chi connectivity index (χ2v) is 30.1. The summed E-state index contributed by atoms with van der Waals surface area (Å²) in [5, 5.41) is 61.4. The highest BCUT2D eigenvalue weighted by atomic mass is 127. The van der Waals surface area contributed by atoms with Crippen molar-refractivity contribution < 1.29 is 96.9 Å². The highest BCUT2D eigenvalue weighted by Crippen LogP contribution is 2.70. The summed E-state index contributed by atoms with van der Waals surface area (Å²) in [4.78, 5) is 52.5. The van der Waals surface area contributed by atoms with Crippen LogP contribution in [0.1, 0.15) is 103 Å². The van der Waals surface area contributed by atoms with Crippen LogP contribution in [0.4, 0.5) is 5.82 Å². The van der Waals surface area contributed by atoms with Gasteiger partial charge in [-0.25, -0.2) is 4.98 Å². The molecule has 2 saturated carbocycles. The number of allylic oxidation sites excluding steroid dienone is 2. The topological polar surface area (TPSA) is 326 Å². The smallest absolute Gasteiger partial charge is 0.229 e. The van der Waals surface area contributed by atoms with Gasteiger partial charge < -0.3 is 93.5 Å². The molecule has 9 N–H and O–H groups in total. The van der Waals surface area contributed by atoms with E-state index in [1.165, 1.54) is 39.0 Å². The zero-order chi connectivity index (χ0) is 67.6. The lowest BCUT2D eigenvalue weighted by molar-refractivity contribution is -0.342. The number of nitrogens with zero attached hydrogens (tertiary/aromatic N) is 1. The average molecular weight is 1470 g/mol. The number of anilines is 1. The lowest BCUT2D eigenvalue weighted by Crippen LogP contribution is -2.69. The number of nitrogens with two attached hydrogens (primary N) is 1. The zero-order valence-electron chi connectivity index (χ0n) is 54.4. The summed E-state index contributed by atoms with van der Waals surface area (Å²) < 4.78 is 68.1. The zero-order valence-corrected chi connectivity index (χ0v) is 59.0. The number of hydrogen-bond acceptors (Lipinski definition) is 27. The Morgan fingerprint density at radius 1 is 0.935 bits per heavy atom. The highest BCUT2D eigenvalue weighted by Gasteiger charge is 2.78. The molecule has 0 amide bonds. The van der Waals surface area contributed by atoms with Crippen LogP contribution in [0.5, 0.6) is 17.2 Å². The number of hydroxylamine groups is 1. The number of likely N-dealkylation sites (N-methyl/N-ethyl adjacent to an activating group) is 1. The Balaban J connectivity index is 0.952. The van der Waals surface area contributed by atoms with Crippen molar-refractivity contribution in [2.75, 3.05) is 53.1 Å². The first kappa shape index (κ1) is 73.6. The summed E-state index contributed by atoms with van der Waals surface area (Å²) in [6, 6.07) is 2.54. The van der Waals surface area contributed by atoms with Crippen molar-refractivity contribution in [1.29, 1.82) is 0 Å². The van der Waals surface area contributed by atoms with Crippen LogP contribution in [0.15, 0.2) is 41.6 Å². The highest BCUT2D eigenvalue weighted by molar-refractivity contribution is 14.1. The maximum Gasteiger partial charge on any atom is 0.229 e. The summed E-state index contributed by atoms with van der Waals surface area (Å²) in [6.07, 6.45) is -11.6. The van der Waals surface area contributed by atoms with Crippen molar-refractivity contribution in [2.45, 2.75) is 208 Å². The average Bonchev–Trinajstić information content (AvgIpc) is 1.55. The fourth-order valence-corrected chi connectivity index (χ4v) is 17.9. The third-order valence-corrected chi connectivity index (χ3v) is 24.2. The van der Waals surface area contributed by atoms with E-state index in [0.717, 1.165) is 17.3 Å². The van der Waals surface area contributed by atoms with Crippen LogP contribution in [0.25, 0.3) is 0 Å². The Bertz CT molecular complexity index is 3240. The molecule has 4 saturated heterocycles. The maximum absolute atomic E-state index is 14.5. The van der Waals surface area contributed by atoms with Gasteiger partial charge in [0.15, 0.2) is 30.4 Å². The monoisotopic (exact) mass is 1470 g/mol. The minimum atomic E-state index is -1.80. The van der Waals surface area contributed by atoms with E-state index in [9.17, 15) is 39.9 Å². The molecule has 1 aromatic carbocycles. The van der Waals surface area contributed by atoms with E-state index < -0.39 is 130 Å². The minimum absolute atomic E-state index is 0.0325. The molecule has 9 rings (SSSR count). The van der Waals surface area contributed by atoms with Gasteiger partial charge >= 0.3 is 0 Å². The van der Waals surface area contributed by atoms with Gasteiger partial charge in [-0.05, 0) is 108 Å². The molecule has 1 aromatic heterocycles. The number of halogens is 1. The number of nitrogen functional groups attached to an aromatic ring is 1. The minimum Gasteiger partial charge on any atom is -0.492 e. The number of carbonyl (C=O) groups is 3. The van der Waals surface area contributed by atoms with Crippen LogP contribution >= 0.6 is 55.9 Å². The Morgan fingerprint density at radius 3 is 2.33 bits per heavy atom. The van der Waals surface area contributed by atoms with Gasteiger partial charge in [-0.1, -0.05) is 76.1 Å². The fraction of sp³-hybridized carbons (Fsp3) is 0.662. The molecule has 2 aromatic rings. The Labute approximate surface area is 568 Å². The van der Waals surface area contributed by atoms with E-state index in [1.807, 2.05) is 61.6 Å². The number of benzene rings is 1. The molecule has 22 atom stereocenters. The summed E-state index contributed by atoms with van der Waals surface area (Å²) in [5.41, 5.74) is 8.39. The maximum atomic E-state index is 14.5. The van der Waals surface area contributed by atoms with E-state index in [2.05, 4.69) is 39.5 Å². The Hall–Kier alpha value is -3.68. The summed E-state index contributed by atoms with van der Waals surface area (Å²) in [6.45, 7) is 16.8. The molecule has 3 aliphatic carbocycles. The van der Waals surface area contributed by atoms with Crippen LogP contribution in [0, 0.1) is 51.4 Å². The molecule has 4 aliphatic heterocycles. The molecular weight excluding hydrogens is 1380 g/mol. The first-order chi connectivity index (χ1) is 44.2. The van der Waals surface area contributed by atoms with Crippen LogP contribution in [0.2, 0.25) is 0 Å². The SMILES string of the molecule is CCN[C@H]1CO[C@@H](O[C@H]2[C@H](O[C@H]3C#C/C=C(/C)C#CC45C(CC(C)=O)C(=O)C[C@]4(O)/C(=C/CSSC(C)(C)c4cccnc4N)C35)O[C@H](C)[C@@H](NO[C@H]3C[C@H](O)[C@H](SC(=O)c4c(C)c(I)c(O[C@@H]5O[C@@H](C)[C@H](O)[C@@H](OC)[C@H]5O)c(OC)c4OC)[C@@H](C)O3)[C@@H]2O)C[C@@H]1OC. The van der Waals surface area contributed by atoms with Gasteiger partial charge in [-0.3, -0.25) is 14.4 Å². The lowest BCUT2D eigenvalue weighted by atomic mass is 9.44. The van der Waals surface area contributed by atoms with E-state index in [4.69, 9.17) is 62.7 Å². The second-order valence-electron chi connectivity index (χ2n) is 24.9. The van der Waals surface area contributed by atoms with Gasteiger partial charge in [0.25, 0.3) is 0 Å². The Morgan fingerprint density at radius 2 is 1.67 bits per heavy atom. The summed E-state index contributed by atoms with van der Waals surface area (Å²) in [5.74, 6) is 11.4. The fourth-order valence-electron chi connectivity index (χ4n) is 13.7. The van der Waals surface area contributed by atoms with Crippen molar-refractivity contribution in [2.24, 2.45) is 17.3 Å². The number of Topliss-reactive ketones (excluding diaryl/α,β-unsaturated/α-hetero) is 2. The van der Waals surface area contributed by atoms with Gasteiger partial charge in [0.1, 0.15) is 59.6 Å². The molecule has 3 unspecified atom stereocenters. The predicted octanol–water partition coefficient (Wildman–Crippen LogP) is 4.82. The number of ketones is 2. The van der Waals surface area contributed by atoms with Gasteiger partial charge in [0, 0.05) is 79.6 Å². The van der Waals surface area contributed by atoms with E-state index >= 15 is 0 Å². The first-order valence-electron chi connectivity index (χ1n) is 31.0. The molecule has 6 fully saturated rings. The summed E-state index contributed by atoms with van der Waals surface area (Å²) in [7, 11) is 8.78. The number of pyridine rings is 1. The van der Waals surface area contributed by atoms with Crippen molar-refractivity contribution >= 4 is 78.4 Å². The van der Waals surface area contributed by atoms with Crippen molar-refractivity contribution in [1.82, 2.24) is 15.8 Å². The largest absolute Gasteiger partial charge is 0.492 e. The number of aromatic nitrogens is 1. The number of carbonyl (C=O) groups excluding carboxylic acids is 3. The molecule has 5 heterocycles. The molecule has 93 heavy (non-hydrogen) atoms. The number of aliphatic hydroxyl groups is 5. The molecule has 28 heteroatoms. The number of ether oxygens (including phenoxy) is 11. The Kier molecular flexibility index (Phi) is 24.5. The molecule has 0 radical (unpaired) electrons. The number of hydrogen-bond donors (Lipinski definition) is 8. The van der Waals surface area contributed by atoms with E-state index in [-0.39, 0.29) is 78.8 Å². The third-order valence-electron chi connectivity index (χ3n) is 18.4. The van der Waals surface area contributed by atoms with Crippen molar-refractivity contribution in [3.63, 3.8) is 0 Å². The quantitative estimate of drug-likeness (QED) is 0.0174. The number of aliphatic hydroxyl groups excluding tert-OH is 4. The number of rotatable bonds is 24. The first-order valence-corrected chi connectivity index (χ1v) is 35.3. The number of nitrogens with one attached hydrogen (secondary N) is 2. The molecule has 1 spiro atoms. The van der Waals surface area contributed by atoms with Gasteiger partial charge in [0.05, 0.1) is 83.2 Å². The molecular formula is C65H87IN4O20S3. The van der Waals surface area contributed by atoms with Crippen LogP contribution in [-0.4, -0.2) is 210 Å². The number of thioether (sulfide) groups is 1. The van der Waals surface area contributed by atoms with E-state index in [1.54, 1.807) is 64.8 Å². The normalized spacial score (nSPS) is 37.6. The second kappa shape index (κ2) is 31.0. The number of methoxy groups -OCH3 is 4. The van der Waals surface area contributed by atoms with Crippen molar-refractivity contribution in [3.8, 4) is 40.9 Å². The van der Waals surface area contributed by atoms with Crippen LogP contribution < -0.4 is 30.7 Å². The van der Waals surface area contributed by atoms with Gasteiger partial charge in [-0.2, -0.15) is 5.48 Å². The predicted molar refractivity (Wildman–Crippen MR) is 355 cm³/mol. The third kappa shape index (κ3) is 14.9. The van der Waals surface area contributed by atoms with E-state index in [0.29, 0.717) is 38.4 Å². The van der Waals surface area contributed by atoms with Crippen LogP contribution in [0.3, 0.4) is 0 Å². The van der Waals surface area contributed by atoms with Gasteiger partial charge in [-0.15, -0.1) is 0 Å². The molecule has 24 nitrogen and oxygen atoms in total.